The number of piperazine rings is 1. The van der Waals surface area contributed by atoms with E-state index in [4.69, 9.17) is 18.9 Å². The highest BCUT2D eigenvalue weighted by molar-refractivity contribution is 5.79. The number of carbonyl (C=O) groups is 1. The molecule has 2 aliphatic rings. The third-order valence-electron chi connectivity index (χ3n) is 8.44. The average molecular weight is 620 g/mol. The van der Waals surface area contributed by atoms with Crippen LogP contribution in [0, 0.1) is 5.82 Å². The second-order valence-electron chi connectivity index (χ2n) is 11.3. The number of fused-ring (bicyclic) bond motifs is 1. The Balaban J connectivity index is 1.39. The molecule has 9 heteroatoms. The Bertz CT molecular complexity index is 1420. The summed E-state index contributed by atoms with van der Waals surface area (Å²) in [5, 5.41) is 0. The van der Waals surface area contributed by atoms with Gasteiger partial charge in [0.2, 0.25) is 5.91 Å². The zero-order chi connectivity index (χ0) is 31.8. The Kier molecular flexibility index (Phi) is 11.1. The predicted molar refractivity (Wildman–Crippen MR) is 174 cm³/mol. The fourth-order valence-electron chi connectivity index (χ4n) is 6.31. The van der Waals surface area contributed by atoms with Crippen molar-refractivity contribution >= 4 is 11.6 Å². The van der Waals surface area contributed by atoms with Gasteiger partial charge in [0.05, 0.1) is 39.0 Å². The lowest BCUT2D eigenvalue weighted by molar-refractivity contribution is -0.135. The number of benzene rings is 3. The van der Waals surface area contributed by atoms with Crippen LogP contribution in [0.2, 0.25) is 0 Å². The maximum Gasteiger partial charge on any atom is 0.237 e. The quantitative estimate of drug-likeness (QED) is 0.236. The van der Waals surface area contributed by atoms with E-state index in [0.29, 0.717) is 57.4 Å². The minimum absolute atomic E-state index is 0.115. The van der Waals surface area contributed by atoms with E-state index in [-0.39, 0.29) is 17.8 Å². The third kappa shape index (κ3) is 7.82. The van der Waals surface area contributed by atoms with Crippen LogP contribution >= 0.6 is 0 Å². The number of halogens is 1. The molecule has 0 aromatic heterocycles. The SMILES string of the molecule is CCOc1ccc(C[C@@H]2c3cc(OCC)c(OCC)cc3CCN2C(=O)CN2CCN(c3ccc(F)cc3)CC2)cc1OCC. The van der Waals surface area contributed by atoms with E-state index < -0.39 is 0 Å². The first-order valence-corrected chi connectivity index (χ1v) is 16.3. The summed E-state index contributed by atoms with van der Waals surface area (Å²) in [6.45, 7) is 14.1. The van der Waals surface area contributed by atoms with E-state index in [2.05, 4.69) is 28.0 Å². The Morgan fingerprint density at radius 2 is 1.33 bits per heavy atom. The molecule has 45 heavy (non-hydrogen) atoms. The standard InChI is InChI=1S/C36H46FN3O5/c1-5-42-32-14-9-26(22-33(32)43-6-2)21-31-30-24-35(45-8-4)34(44-7-3)23-27(30)15-16-40(31)36(41)25-38-17-19-39(20-18-38)29-12-10-28(37)11-13-29/h9-14,22-24,31H,5-8,15-21,25H2,1-4H3/t31-/m1/s1. The van der Waals surface area contributed by atoms with Gasteiger partial charge in [-0.15, -0.1) is 0 Å². The van der Waals surface area contributed by atoms with Crippen LogP contribution in [0.5, 0.6) is 23.0 Å². The number of anilines is 1. The minimum Gasteiger partial charge on any atom is -0.490 e. The molecular formula is C36H46FN3O5. The average Bonchev–Trinajstić information content (AvgIpc) is 3.04. The number of carbonyl (C=O) groups excluding carboxylic acids is 1. The maximum atomic E-state index is 14.1. The summed E-state index contributed by atoms with van der Waals surface area (Å²) in [5.74, 6) is 2.77. The fraction of sp³-hybridized carbons (Fsp3) is 0.472. The summed E-state index contributed by atoms with van der Waals surface area (Å²) in [4.78, 5) is 20.6. The van der Waals surface area contributed by atoms with Gasteiger partial charge in [0.25, 0.3) is 0 Å². The normalized spacial score (nSPS) is 16.7. The van der Waals surface area contributed by atoms with Gasteiger partial charge in [0.15, 0.2) is 23.0 Å². The summed E-state index contributed by atoms with van der Waals surface area (Å²) in [7, 11) is 0. The lowest BCUT2D eigenvalue weighted by Crippen LogP contribution is -2.51. The summed E-state index contributed by atoms with van der Waals surface area (Å²) < 4.78 is 37.1. The highest BCUT2D eigenvalue weighted by Gasteiger charge is 2.34. The molecule has 0 bridgehead atoms. The molecule has 0 saturated carbocycles. The van der Waals surface area contributed by atoms with Crippen LogP contribution in [-0.4, -0.2) is 81.4 Å². The van der Waals surface area contributed by atoms with Crippen molar-refractivity contribution in [3.05, 3.63) is 77.1 Å². The van der Waals surface area contributed by atoms with Crippen LogP contribution in [0.15, 0.2) is 54.6 Å². The molecule has 2 heterocycles. The molecular weight excluding hydrogens is 573 g/mol. The topological polar surface area (TPSA) is 63.7 Å². The van der Waals surface area contributed by atoms with Crippen molar-refractivity contribution in [2.45, 2.75) is 46.6 Å². The van der Waals surface area contributed by atoms with Gasteiger partial charge >= 0.3 is 0 Å². The van der Waals surface area contributed by atoms with E-state index in [1.807, 2.05) is 56.9 Å². The van der Waals surface area contributed by atoms with Crippen molar-refractivity contribution in [1.82, 2.24) is 9.80 Å². The molecule has 0 spiro atoms. The van der Waals surface area contributed by atoms with Crippen molar-refractivity contribution in [3.8, 4) is 23.0 Å². The Morgan fingerprint density at radius 1 is 0.733 bits per heavy atom. The Morgan fingerprint density at radius 3 is 1.98 bits per heavy atom. The molecule has 8 nitrogen and oxygen atoms in total. The van der Waals surface area contributed by atoms with E-state index in [9.17, 15) is 9.18 Å². The zero-order valence-electron chi connectivity index (χ0n) is 27.0. The first kappa shape index (κ1) is 32.4. The summed E-state index contributed by atoms with van der Waals surface area (Å²) in [5.41, 5.74) is 4.35. The van der Waals surface area contributed by atoms with Gasteiger partial charge in [-0.1, -0.05) is 6.07 Å². The van der Waals surface area contributed by atoms with Crippen LogP contribution in [0.4, 0.5) is 10.1 Å². The molecule has 3 aromatic carbocycles. The number of hydrogen-bond donors (Lipinski definition) is 0. The van der Waals surface area contributed by atoms with Gasteiger partial charge in [-0.05, 0) is 106 Å². The molecule has 1 fully saturated rings. The summed E-state index contributed by atoms with van der Waals surface area (Å²) >= 11 is 0. The van der Waals surface area contributed by atoms with Crippen LogP contribution in [0.1, 0.15) is 50.4 Å². The second kappa shape index (κ2) is 15.3. The maximum absolute atomic E-state index is 14.1. The lowest BCUT2D eigenvalue weighted by Gasteiger charge is -2.40. The number of rotatable bonds is 13. The van der Waals surface area contributed by atoms with E-state index in [0.717, 1.165) is 60.9 Å². The molecule has 2 aliphatic heterocycles. The molecule has 1 saturated heterocycles. The summed E-state index contributed by atoms with van der Waals surface area (Å²) in [6.07, 6.45) is 1.37. The van der Waals surface area contributed by atoms with Crippen LogP contribution < -0.4 is 23.8 Å². The highest BCUT2D eigenvalue weighted by atomic mass is 19.1. The van der Waals surface area contributed by atoms with Gasteiger partial charge in [0.1, 0.15) is 5.82 Å². The van der Waals surface area contributed by atoms with Crippen LogP contribution in [-0.2, 0) is 17.6 Å². The smallest absolute Gasteiger partial charge is 0.237 e. The van der Waals surface area contributed by atoms with Gasteiger partial charge in [0, 0.05) is 38.4 Å². The number of ether oxygens (including phenoxy) is 4. The fourth-order valence-corrected chi connectivity index (χ4v) is 6.31. The molecule has 3 aromatic rings. The molecule has 0 unspecified atom stereocenters. The molecule has 5 rings (SSSR count). The summed E-state index contributed by atoms with van der Waals surface area (Å²) in [6, 6.07) is 16.7. The Hall–Kier alpha value is -3.98. The Labute approximate surface area is 266 Å². The third-order valence-corrected chi connectivity index (χ3v) is 8.44. The van der Waals surface area contributed by atoms with Gasteiger partial charge < -0.3 is 28.7 Å². The van der Waals surface area contributed by atoms with E-state index in [1.165, 1.54) is 17.7 Å². The van der Waals surface area contributed by atoms with E-state index in [1.54, 1.807) is 0 Å². The molecule has 0 aliphatic carbocycles. The van der Waals surface area contributed by atoms with Crippen molar-refractivity contribution in [3.63, 3.8) is 0 Å². The number of hydrogen-bond acceptors (Lipinski definition) is 7. The van der Waals surface area contributed by atoms with Crippen molar-refractivity contribution in [1.29, 1.82) is 0 Å². The van der Waals surface area contributed by atoms with Crippen molar-refractivity contribution < 1.29 is 28.1 Å². The largest absolute Gasteiger partial charge is 0.490 e. The van der Waals surface area contributed by atoms with Crippen molar-refractivity contribution in [2.24, 2.45) is 0 Å². The first-order chi connectivity index (χ1) is 21.9. The number of amides is 1. The molecule has 242 valence electrons. The number of nitrogens with zero attached hydrogens (tertiary/aromatic N) is 3. The molecule has 1 atom stereocenters. The predicted octanol–water partition coefficient (Wildman–Crippen LogP) is 5.91. The van der Waals surface area contributed by atoms with Gasteiger partial charge in [-0.2, -0.15) is 0 Å². The van der Waals surface area contributed by atoms with Crippen molar-refractivity contribution in [2.75, 3.05) is 70.6 Å². The minimum atomic E-state index is -0.234. The first-order valence-electron chi connectivity index (χ1n) is 16.3. The van der Waals surface area contributed by atoms with Gasteiger partial charge in [-0.25, -0.2) is 4.39 Å². The van der Waals surface area contributed by atoms with Gasteiger partial charge in [-0.3, -0.25) is 9.69 Å². The zero-order valence-corrected chi connectivity index (χ0v) is 27.0. The molecule has 1 amide bonds. The monoisotopic (exact) mass is 619 g/mol. The second-order valence-corrected chi connectivity index (χ2v) is 11.3. The molecule has 0 radical (unpaired) electrons. The van der Waals surface area contributed by atoms with E-state index >= 15 is 0 Å². The van der Waals surface area contributed by atoms with Crippen LogP contribution in [0.3, 0.4) is 0 Å². The molecule has 0 N–H and O–H groups in total. The van der Waals surface area contributed by atoms with Crippen LogP contribution in [0.25, 0.3) is 0 Å². The highest BCUT2D eigenvalue weighted by Crippen LogP contribution is 2.41. The lowest BCUT2D eigenvalue weighted by atomic mass is 9.88.